The van der Waals surface area contributed by atoms with E-state index in [1.807, 2.05) is 0 Å². The van der Waals surface area contributed by atoms with Crippen LogP contribution in [0.3, 0.4) is 0 Å². The van der Waals surface area contributed by atoms with Crippen LogP contribution in [0.15, 0.2) is 34.0 Å². The van der Waals surface area contributed by atoms with Gasteiger partial charge in [0.1, 0.15) is 0 Å². The fraction of sp³-hybridized carbons (Fsp3) is 0.522. The van der Waals surface area contributed by atoms with Gasteiger partial charge in [0.25, 0.3) is 0 Å². The molecule has 1 unspecified atom stereocenters. The Hall–Kier alpha value is -2.32. The van der Waals surface area contributed by atoms with Crippen molar-refractivity contribution in [2.45, 2.75) is 75.9 Å². The molecule has 1 heterocycles. The molecule has 0 saturated heterocycles. The molecule has 1 atom stereocenters. The number of nitrogens with one attached hydrogen (secondary N) is 3. The fourth-order valence-corrected chi connectivity index (χ4v) is 5.37. The molecule has 1 aromatic carbocycles. The SMILES string of the molecule is CC(C)(O)c1coc(S(=N)(=O)NC(=O)Nc2c(C(C)(C)C3CC3)ccc3c2CCC3)c1. The van der Waals surface area contributed by atoms with Crippen molar-refractivity contribution in [2.75, 3.05) is 5.32 Å². The third-order valence-corrected chi connectivity index (χ3v) is 7.87. The largest absolute Gasteiger partial charge is 0.452 e. The van der Waals surface area contributed by atoms with Crippen LogP contribution in [0.4, 0.5) is 10.5 Å². The zero-order valence-corrected chi connectivity index (χ0v) is 19.3. The number of aliphatic hydroxyl groups is 1. The van der Waals surface area contributed by atoms with E-state index < -0.39 is 21.5 Å². The Morgan fingerprint density at radius 3 is 2.55 bits per heavy atom. The lowest BCUT2D eigenvalue weighted by Gasteiger charge is -2.29. The highest BCUT2D eigenvalue weighted by Gasteiger charge is 2.41. The topological polar surface area (TPSA) is 115 Å². The quantitative estimate of drug-likeness (QED) is 0.510. The summed E-state index contributed by atoms with van der Waals surface area (Å²) in [5.41, 5.74) is 3.36. The summed E-state index contributed by atoms with van der Waals surface area (Å²) in [5.74, 6) is 0.583. The molecule has 31 heavy (non-hydrogen) atoms. The van der Waals surface area contributed by atoms with Gasteiger partial charge >= 0.3 is 6.03 Å². The minimum atomic E-state index is -3.73. The fourth-order valence-electron chi connectivity index (χ4n) is 4.48. The van der Waals surface area contributed by atoms with Gasteiger partial charge in [0, 0.05) is 17.3 Å². The summed E-state index contributed by atoms with van der Waals surface area (Å²) in [6, 6.07) is 4.92. The molecular weight excluding hydrogens is 414 g/mol. The number of carbonyl (C=O) groups excluding carboxylic acids is 1. The van der Waals surface area contributed by atoms with E-state index in [1.54, 1.807) is 13.8 Å². The third-order valence-electron chi connectivity index (χ3n) is 6.62. The molecule has 1 saturated carbocycles. The van der Waals surface area contributed by atoms with Crippen LogP contribution >= 0.6 is 0 Å². The zero-order valence-electron chi connectivity index (χ0n) is 18.5. The Balaban J connectivity index is 1.60. The predicted octanol–water partition coefficient (Wildman–Crippen LogP) is 4.83. The lowest BCUT2D eigenvalue weighted by atomic mass is 9.77. The minimum absolute atomic E-state index is 0.0781. The van der Waals surface area contributed by atoms with E-state index in [-0.39, 0.29) is 10.5 Å². The van der Waals surface area contributed by atoms with Crippen LogP contribution in [0.5, 0.6) is 0 Å². The molecule has 0 radical (unpaired) electrons. The van der Waals surface area contributed by atoms with Crippen molar-refractivity contribution in [3.63, 3.8) is 0 Å². The zero-order chi connectivity index (χ0) is 22.6. The summed E-state index contributed by atoms with van der Waals surface area (Å²) in [4.78, 5) is 12.9. The second-order valence-corrected chi connectivity index (χ2v) is 11.5. The molecule has 0 bridgehead atoms. The Kier molecular flexibility index (Phi) is 5.21. The van der Waals surface area contributed by atoms with Crippen molar-refractivity contribution >= 4 is 21.6 Å². The highest BCUT2D eigenvalue weighted by molar-refractivity contribution is 7.91. The number of hydrogen-bond donors (Lipinski definition) is 4. The molecule has 7 nitrogen and oxygen atoms in total. The van der Waals surface area contributed by atoms with Gasteiger partial charge in [0.2, 0.25) is 5.09 Å². The van der Waals surface area contributed by atoms with Crippen molar-refractivity contribution in [3.8, 4) is 0 Å². The minimum Gasteiger partial charge on any atom is -0.452 e. The number of hydrogen-bond acceptors (Lipinski definition) is 5. The Bertz CT molecular complexity index is 1120. The third kappa shape index (κ3) is 4.23. The summed E-state index contributed by atoms with van der Waals surface area (Å²) in [7, 11) is -3.73. The van der Waals surface area contributed by atoms with E-state index in [2.05, 4.69) is 36.0 Å². The van der Waals surface area contributed by atoms with Gasteiger partial charge in [-0.3, -0.25) is 0 Å². The molecule has 168 valence electrons. The van der Waals surface area contributed by atoms with Gasteiger partial charge in [0.05, 0.1) is 11.9 Å². The van der Waals surface area contributed by atoms with Crippen LogP contribution in [-0.2, 0) is 33.8 Å². The van der Waals surface area contributed by atoms with E-state index in [1.165, 1.54) is 30.7 Å². The summed E-state index contributed by atoms with van der Waals surface area (Å²) in [6.45, 7) is 7.54. The van der Waals surface area contributed by atoms with Crippen molar-refractivity contribution < 1.29 is 18.5 Å². The predicted molar refractivity (Wildman–Crippen MR) is 119 cm³/mol. The first-order chi connectivity index (χ1) is 14.4. The normalized spacial score (nSPS) is 18.4. The van der Waals surface area contributed by atoms with E-state index in [0.29, 0.717) is 11.5 Å². The maximum absolute atomic E-state index is 12.9. The molecule has 2 aliphatic carbocycles. The molecule has 4 rings (SSSR count). The average molecular weight is 446 g/mol. The number of rotatable bonds is 6. The van der Waals surface area contributed by atoms with Gasteiger partial charge in [0.15, 0.2) is 9.92 Å². The highest BCUT2D eigenvalue weighted by atomic mass is 32.2. The van der Waals surface area contributed by atoms with Crippen LogP contribution in [0.2, 0.25) is 0 Å². The van der Waals surface area contributed by atoms with Crippen LogP contribution < -0.4 is 10.0 Å². The second-order valence-electron chi connectivity index (χ2n) is 9.80. The first kappa shape index (κ1) is 21.9. The molecule has 0 spiro atoms. The number of urea groups is 1. The Labute approximate surface area is 183 Å². The van der Waals surface area contributed by atoms with E-state index in [4.69, 9.17) is 9.20 Å². The summed E-state index contributed by atoms with van der Waals surface area (Å²) in [6.07, 6.45) is 6.53. The van der Waals surface area contributed by atoms with Crippen LogP contribution in [-0.4, -0.2) is 15.3 Å². The van der Waals surface area contributed by atoms with Crippen molar-refractivity contribution in [3.05, 3.63) is 46.7 Å². The number of carbonyl (C=O) groups is 1. The van der Waals surface area contributed by atoms with Crippen LogP contribution in [0.25, 0.3) is 0 Å². The van der Waals surface area contributed by atoms with E-state index in [0.717, 1.165) is 36.1 Å². The monoisotopic (exact) mass is 445 g/mol. The van der Waals surface area contributed by atoms with Crippen molar-refractivity contribution in [2.24, 2.45) is 5.92 Å². The maximum atomic E-state index is 12.9. The summed E-state index contributed by atoms with van der Waals surface area (Å²) < 4.78 is 28.6. The Morgan fingerprint density at radius 1 is 1.23 bits per heavy atom. The summed E-state index contributed by atoms with van der Waals surface area (Å²) >= 11 is 0. The molecule has 2 amide bonds. The lowest BCUT2D eigenvalue weighted by molar-refractivity contribution is 0.0779. The number of amides is 2. The number of fused-ring (bicyclic) bond motifs is 1. The van der Waals surface area contributed by atoms with Gasteiger partial charge in [-0.15, -0.1) is 0 Å². The Morgan fingerprint density at radius 2 is 1.94 bits per heavy atom. The molecule has 0 aliphatic heterocycles. The summed E-state index contributed by atoms with van der Waals surface area (Å²) in [5, 5.41) is 12.8. The standard InChI is InChI=1S/C23H31N3O4S/c1-22(2,15-9-10-15)18-11-8-14-6-5-7-17(14)20(18)25-21(27)26-31(24,29)19-12-16(13-30-19)23(3,4)28/h8,11-13,15,28H,5-7,9-10H2,1-4H3,(H3,24,25,26,27,29). The van der Waals surface area contributed by atoms with Crippen molar-refractivity contribution in [1.29, 1.82) is 4.78 Å². The van der Waals surface area contributed by atoms with Gasteiger partial charge in [-0.25, -0.2) is 18.5 Å². The van der Waals surface area contributed by atoms with E-state index >= 15 is 0 Å². The molecular formula is C23H31N3O4S. The average Bonchev–Trinajstić information content (AvgIpc) is 3.19. The van der Waals surface area contributed by atoms with Gasteiger partial charge in [-0.1, -0.05) is 26.0 Å². The van der Waals surface area contributed by atoms with Crippen LogP contribution in [0.1, 0.15) is 69.2 Å². The molecule has 2 aromatic rings. The highest BCUT2D eigenvalue weighted by Crippen LogP contribution is 2.50. The van der Waals surface area contributed by atoms with Gasteiger partial charge < -0.3 is 14.8 Å². The molecule has 2 aliphatic rings. The number of aryl methyl sites for hydroxylation is 1. The second kappa shape index (κ2) is 7.38. The lowest BCUT2D eigenvalue weighted by Crippen LogP contribution is -2.35. The molecule has 1 fully saturated rings. The van der Waals surface area contributed by atoms with Crippen molar-refractivity contribution in [1.82, 2.24) is 4.72 Å². The molecule has 4 N–H and O–H groups in total. The van der Waals surface area contributed by atoms with Crippen LogP contribution in [0, 0.1) is 10.7 Å². The smallest absolute Gasteiger partial charge is 0.332 e. The number of furan rings is 1. The first-order valence-electron chi connectivity index (χ1n) is 10.7. The van der Waals surface area contributed by atoms with Gasteiger partial charge in [-0.2, -0.15) is 0 Å². The first-order valence-corrected chi connectivity index (χ1v) is 12.3. The maximum Gasteiger partial charge on any atom is 0.332 e. The number of anilines is 1. The number of benzene rings is 1. The molecule has 8 heteroatoms. The van der Waals surface area contributed by atoms with E-state index in [9.17, 15) is 14.1 Å². The van der Waals surface area contributed by atoms with Gasteiger partial charge in [-0.05, 0) is 74.0 Å². The molecule has 1 aromatic heterocycles.